The molecule has 3 rings (SSSR count). The molecule has 160 valence electrons. The highest BCUT2D eigenvalue weighted by atomic mass is 32.2. The Kier molecular flexibility index (Phi) is 6.61. The van der Waals surface area contributed by atoms with E-state index in [2.05, 4.69) is 9.46 Å². The van der Waals surface area contributed by atoms with Crippen molar-refractivity contribution >= 4 is 27.6 Å². The molecule has 0 unspecified atom stereocenters. The van der Waals surface area contributed by atoms with Crippen LogP contribution in [0.2, 0.25) is 0 Å². The first-order chi connectivity index (χ1) is 14.4. The summed E-state index contributed by atoms with van der Waals surface area (Å²) in [6.07, 6.45) is 2.93. The van der Waals surface area contributed by atoms with Crippen LogP contribution < -0.4 is 9.46 Å². The Labute approximate surface area is 175 Å². The van der Waals surface area contributed by atoms with Gasteiger partial charge in [0.15, 0.2) is 0 Å². The molecule has 1 N–H and O–H groups in total. The average molecular weight is 432 g/mol. The molecule has 0 radical (unpaired) electrons. The fourth-order valence-electron chi connectivity index (χ4n) is 3.30. The van der Waals surface area contributed by atoms with Crippen LogP contribution in [0.3, 0.4) is 0 Å². The van der Waals surface area contributed by atoms with Crippen molar-refractivity contribution in [2.75, 3.05) is 32.0 Å². The van der Waals surface area contributed by atoms with Gasteiger partial charge >= 0.3 is 5.97 Å². The van der Waals surface area contributed by atoms with Crippen molar-refractivity contribution < 1.29 is 27.5 Å². The summed E-state index contributed by atoms with van der Waals surface area (Å²) in [5, 5.41) is 0. The largest absolute Gasteiger partial charge is 0.496 e. The van der Waals surface area contributed by atoms with Crippen LogP contribution in [0, 0.1) is 0 Å². The van der Waals surface area contributed by atoms with Crippen LogP contribution >= 0.6 is 0 Å². The Morgan fingerprint density at radius 2 is 1.63 bits per heavy atom. The van der Waals surface area contributed by atoms with Gasteiger partial charge in [0.25, 0.3) is 15.9 Å². The SMILES string of the molecule is COC(=O)c1ccc(NS(=O)(=O)c2ccc(OC)c(C(=O)N3CCCCC3)c2)cc1. The first kappa shape index (κ1) is 21.6. The number of carbonyl (C=O) groups is 2. The maximum Gasteiger partial charge on any atom is 0.337 e. The standard InChI is InChI=1S/C21H24N2O6S/c1-28-19-11-10-17(14-18(19)20(24)23-12-4-3-5-13-23)30(26,27)22-16-8-6-15(7-9-16)21(25)29-2/h6-11,14,22H,3-5,12-13H2,1-2H3. The number of carbonyl (C=O) groups excluding carboxylic acids is 2. The molecule has 30 heavy (non-hydrogen) atoms. The second-order valence-electron chi connectivity index (χ2n) is 6.89. The first-order valence-corrected chi connectivity index (χ1v) is 11.0. The number of anilines is 1. The van der Waals surface area contributed by atoms with Gasteiger partial charge in [0.2, 0.25) is 0 Å². The number of rotatable bonds is 6. The monoisotopic (exact) mass is 432 g/mol. The summed E-state index contributed by atoms with van der Waals surface area (Å²) < 4.78 is 38.1. The fraction of sp³-hybridized carbons (Fsp3) is 0.333. The Hall–Kier alpha value is -3.07. The lowest BCUT2D eigenvalue weighted by Gasteiger charge is -2.27. The van der Waals surface area contributed by atoms with Gasteiger partial charge in [-0.15, -0.1) is 0 Å². The Morgan fingerprint density at radius 1 is 0.967 bits per heavy atom. The van der Waals surface area contributed by atoms with E-state index in [1.807, 2.05) is 0 Å². The van der Waals surface area contributed by atoms with Gasteiger partial charge in [0, 0.05) is 18.8 Å². The number of ether oxygens (including phenoxy) is 2. The summed E-state index contributed by atoms with van der Waals surface area (Å²) in [6.45, 7) is 1.29. The number of methoxy groups -OCH3 is 2. The minimum Gasteiger partial charge on any atom is -0.496 e. The summed E-state index contributed by atoms with van der Waals surface area (Å²) in [7, 11) is -1.24. The highest BCUT2D eigenvalue weighted by molar-refractivity contribution is 7.92. The zero-order valence-electron chi connectivity index (χ0n) is 16.9. The number of hydrogen-bond donors (Lipinski definition) is 1. The van der Waals surface area contributed by atoms with Crippen LogP contribution in [0.4, 0.5) is 5.69 Å². The van der Waals surface area contributed by atoms with Crippen molar-refractivity contribution in [1.82, 2.24) is 4.90 Å². The average Bonchev–Trinajstić information content (AvgIpc) is 2.78. The van der Waals surface area contributed by atoms with Crippen LogP contribution in [0.15, 0.2) is 47.4 Å². The molecule has 0 aliphatic carbocycles. The van der Waals surface area contributed by atoms with Crippen LogP contribution in [-0.2, 0) is 14.8 Å². The lowest BCUT2D eigenvalue weighted by atomic mass is 10.1. The van der Waals surface area contributed by atoms with Gasteiger partial charge < -0.3 is 14.4 Å². The topological polar surface area (TPSA) is 102 Å². The number of piperidine rings is 1. The smallest absolute Gasteiger partial charge is 0.337 e. The number of benzene rings is 2. The zero-order valence-corrected chi connectivity index (χ0v) is 17.7. The molecule has 0 bridgehead atoms. The van der Waals surface area contributed by atoms with Gasteiger partial charge in [-0.3, -0.25) is 9.52 Å². The summed E-state index contributed by atoms with van der Waals surface area (Å²) in [6, 6.07) is 10.1. The molecule has 0 spiro atoms. The number of amides is 1. The molecule has 1 aliphatic rings. The Morgan fingerprint density at radius 3 is 2.23 bits per heavy atom. The van der Waals surface area contributed by atoms with E-state index in [1.54, 1.807) is 4.90 Å². The lowest BCUT2D eigenvalue weighted by Crippen LogP contribution is -2.35. The quantitative estimate of drug-likeness (QED) is 0.704. The molecule has 2 aromatic rings. The Bertz CT molecular complexity index is 1030. The molecular formula is C21H24N2O6S. The molecular weight excluding hydrogens is 408 g/mol. The second kappa shape index (κ2) is 9.17. The van der Waals surface area contributed by atoms with Crippen molar-refractivity contribution in [3.8, 4) is 5.75 Å². The van der Waals surface area contributed by atoms with E-state index in [9.17, 15) is 18.0 Å². The van der Waals surface area contributed by atoms with Crippen LogP contribution in [0.25, 0.3) is 0 Å². The van der Waals surface area contributed by atoms with Gasteiger partial charge in [-0.05, 0) is 61.7 Å². The van der Waals surface area contributed by atoms with Crippen LogP contribution in [0.1, 0.15) is 40.0 Å². The molecule has 1 fully saturated rings. The van der Waals surface area contributed by atoms with Crippen LogP contribution in [0.5, 0.6) is 5.75 Å². The number of nitrogens with one attached hydrogen (secondary N) is 1. The third-order valence-corrected chi connectivity index (χ3v) is 6.29. The van der Waals surface area contributed by atoms with E-state index in [1.165, 1.54) is 56.7 Å². The Balaban J connectivity index is 1.86. The lowest BCUT2D eigenvalue weighted by molar-refractivity contribution is 0.0600. The molecule has 0 saturated carbocycles. The van der Waals surface area contributed by atoms with E-state index in [4.69, 9.17) is 4.74 Å². The van der Waals surface area contributed by atoms with E-state index in [0.29, 0.717) is 24.4 Å². The van der Waals surface area contributed by atoms with Gasteiger partial charge in [0.05, 0.1) is 30.2 Å². The normalized spacial score (nSPS) is 14.1. The zero-order chi connectivity index (χ0) is 21.7. The van der Waals surface area contributed by atoms with Gasteiger partial charge in [-0.25, -0.2) is 13.2 Å². The van der Waals surface area contributed by atoms with Gasteiger partial charge in [-0.2, -0.15) is 0 Å². The molecule has 1 saturated heterocycles. The maximum absolute atomic E-state index is 12.9. The molecule has 0 aromatic heterocycles. The van der Waals surface area contributed by atoms with Crippen molar-refractivity contribution in [1.29, 1.82) is 0 Å². The predicted molar refractivity (Wildman–Crippen MR) is 111 cm³/mol. The molecule has 1 amide bonds. The van der Waals surface area contributed by atoms with E-state index >= 15 is 0 Å². The fourth-order valence-corrected chi connectivity index (χ4v) is 4.38. The summed E-state index contributed by atoms with van der Waals surface area (Å²) in [5.41, 5.74) is 0.796. The molecule has 0 atom stereocenters. The van der Waals surface area contributed by atoms with Crippen molar-refractivity contribution in [3.63, 3.8) is 0 Å². The summed E-state index contributed by atoms with van der Waals surface area (Å²) >= 11 is 0. The minimum atomic E-state index is -3.96. The molecule has 9 heteroatoms. The van der Waals surface area contributed by atoms with E-state index < -0.39 is 16.0 Å². The number of likely N-dealkylation sites (tertiary alicyclic amines) is 1. The molecule has 2 aromatic carbocycles. The maximum atomic E-state index is 12.9. The second-order valence-corrected chi connectivity index (χ2v) is 8.57. The van der Waals surface area contributed by atoms with Gasteiger partial charge in [-0.1, -0.05) is 0 Å². The molecule has 8 nitrogen and oxygen atoms in total. The third-order valence-electron chi connectivity index (χ3n) is 4.91. The van der Waals surface area contributed by atoms with Crippen molar-refractivity contribution in [2.45, 2.75) is 24.2 Å². The summed E-state index contributed by atoms with van der Waals surface area (Å²) in [4.78, 5) is 26.1. The van der Waals surface area contributed by atoms with Crippen molar-refractivity contribution in [2.24, 2.45) is 0 Å². The van der Waals surface area contributed by atoms with E-state index in [-0.39, 0.29) is 22.1 Å². The molecule has 1 aliphatic heterocycles. The van der Waals surface area contributed by atoms with Gasteiger partial charge in [0.1, 0.15) is 5.75 Å². The minimum absolute atomic E-state index is 0.0549. The van der Waals surface area contributed by atoms with Crippen LogP contribution in [-0.4, -0.2) is 52.5 Å². The first-order valence-electron chi connectivity index (χ1n) is 9.54. The highest BCUT2D eigenvalue weighted by Gasteiger charge is 2.24. The number of sulfonamides is 1. The third kappa shape index (κ3) is 4.73. The van der Waals surface area contributed by atoms with E-state index in [0.717, 1.165) is 19.3 Å². The summed E-state index contributed by atoms with van der Waals surface area (Å²) in [5.74, 6) is -0.432. The highest BCUT2D eigenvalue weighted by Crippen LogP contribution is 2.26. The number of esters is 1. The molecule has 1 heterocycles. The number of nitrogens with zero attached hydrogens (tertiary/aromatic N) is 1. The number of hydrogen-bond acceptors (Lipinski definition) is 6. The predicted octanol–water partition coefficient (Wildman–Crippen LogP) is 2.91. The van der Waals surface area contributed by atoms with Crippen molar-refractivity contribution in [3.05, 3.63) is 53.6 Å².